The second kappa shape index (κ2) is 9.11. The molecule has 0 radical (unpaired) electrons. The molecule has 1 aromatic heterocycles. The van der Waals surface area contributed by atoms with E-state index in [1.54, 1.807) is 54.6 Å². The summed E-state index contributed by atoms with van der Waals surface area (Å²) in [6.07, 6.45) is 1.66. The maximum Gasteiger partial charge on any atom is 0.293 e. The van der Waals surface area contributed by atoms with Gasteiger partial charge in [-0.25, -0.2) is 0 Å². The molecule has 0 bridgehead atoms. The van der Waals surface area contributed by atoms with Crippen molar-refractivity contribution in [3.8, 4) is 0 Å². The first-order valence-corrected chi connectivity index (χ1v) is 11.0. The topological polar surface area (TPSA) is 83.6 Å². The number of nitrogens with one attached hydrogen (secondary N) is 1. The fraction of sp³-hybridized carbons (Fsp3) is 0.0435. The lowest BCUT2D eigenvalue weighted by atomic mass is 10.1. The number of Topliss-reactive ketones (excluding diaryl/α,β-unsaturated/α-hetero) is 1. The summed E-state index contributed by atoms with van der Waals surface area (Å²) in [5.41, 5.74) is 1.41. The van der Waals surface area contributed by atoms with Gasteiger partial charge in [-0.2, -0.15) is 0 Å². The quantitative estimate of drug-likeness (QED) is 0.427. The van der Waals surface area contributed by atoms with Gasteiger partial charge in [0.05, 0.1) is 11.4 Å². The van der Waals surface area contributed by atoms with Gasteiger partial charge >= 0.3 is 0 Å². The number of thioether (sulfide) groups is 1. The number of ketones is 1. The van der Waals surface area contributed by atoms with Gasteiger partial charge in [0.1, 0.15) is 0 Å². The molecule has 1 N–H and O–H groups in total. The first-order chi connectivity index (χ1) is 15.0. The number of nitrogens with zero attached hydrogens (tertiary/aromatic N) is 1. The molecule has 0 aliphatic carbocycles. The van der Waals surface area contributed by atoms with Crippen LogP contribution in [0.4, 0.5) is 10.5 Å². The van der Waals surface area contributed by atoms with E-state index in [1.165, 1.54) is 11.3 Å². The average molecular weight is 449 g/mol. The lowest BCUT2D eigenvalue weighted by Gasteiger charge is -2.12. The van der Waals surface area contributed by atoms with Gasteiger partial charge < -0.3 is 5.32 Å². The number of thiophene rings is 1. The van der Waals surface area contributed by atoms with Crippen LogP contribution in [0.5, 0.6) is 0 Å². The molecule has 4 rings (SSSR count). The summed E-state index contributed by atoms with van der Waals surface area (Å²) in [7, 11) is 0. The Morgan fingerprint density at radius 1 is 0.903 bits per heavy atom. The Labute approximate surface area is 186 Å². The molecule has 0 saturated carbocycles. The predicted molar refractivity (Wildman–Crippen MR) is 122 cm³/mol. The number of imide groups is 1. The van der Waals surface area contributed by atoms with E-state index in [-0.39, 0.29) is 18.2 Å². The molecule has 3 aromatic rings. The van der Waals surface area contributed by atoms with Crippen LogP contribution in [-0.2, 0) is 4.79 Å². The largest absolute Gasteiger partial charge is 0.322 e. The van der Waals surface area contributed by atoms with Crippen molar-refractivity contribution >= 4 is 57.7 Å². The Morgan fingerprint density at radius 2 is 1.65 bits per heavy atom. The first kappa shape index (κ1) is 20.8. The molecule has 154 valence electrons. The molecule has 31 heavy (non-hydrogen) atoms. The second-order valence-corrected chi connectivity index (χ2v) is 8.58. The van der Waals surface area contributed by atoms with Crippen LogP contribution in [-0.4, -0.2) is 34.3 Å². The average Bonchev–Trinajstić information content (AvgIpc) is 3.39. The zero-order valence-corrected chi connectivity index (χ0v) is 17.7. The van der Waals surface area contributed by atoms with Crippen molar-refractivity contribution in [2.75, 3.05) is 11.9 Å². The van der Waals surface area contributed by atoms with E-state index in [0.717, 1.165) is 21.5 Å². The van der Waals surface area contributed by atoms with Crippen molar-refractivity contribution in [1.82, 2.24) is 4.90 Å². The standard InChI is InChI=1S/C23H16N2O4S2/c26-19(14-25-22(28)20(31-23(25)29)13-18-7-4-12-30-18)15-8-10-17(11-9-15)24-21(27)16-5-2-1-3-6-16/h1-13H,14H2,(H,24,27)/b20-13-. The van der Waals surface area contributed by atoms with Crippen molar-refractivity contribution in [2.24, 2.45) is 0 Å². The molecule has 1 aliphatic heterocycles. The van der Waals surface area contributed by atoms with E-state index in [9.17, 15) is 19.2 Å². The van der Waals surface area contributed by atoms with Gasteiger partial charge in [0.25, 0.3) is 17.1 Å². The van der Waals surface area contributed by atoms with E-state index in [1.807, 2.05) is 23.6 Å². The molecule has 1 aliphatic rings. The number of rotatable bonds is 6. The molecule has 0 spiro atoms. The third kappa shape index (κ3) is 4.82. The minimum Gasteiger partial charge on any atom is -0.322 e. The number of carbonyl (C=O) groups excluding carboxylic acids is 4. The van der Waals surface area contributed by atoms with Crippen molar-refractivity contribution in [1.29, 1.82) is 0 Å². The third-order valence-electron chi connectivity index (χ3n) is 4.49. The highest BCUT2D eigenvalue weighted by molar-refractivity contribution is 8.18. The lowest BCUT2D eigenvalue weighted by molar-refractivity contribution is -0.122. The summed E-state index contributed by atoms with van der Waals surface area (Å²) in [5, 5.41) is 4.18. The molecule has 3 amide bonds. The zero-order valence-electron chi connectivity index (χ0n) is 16.1. The van der Waals surface area contributed by atoms with Crippen LogP contribution < -0.4 is 5.32 Å². The molecule has 0 atom stereocenters. The van der Waals surface area contributed by atoms with Crippen LogP contribution in [0.25, 0.3) is 6.08 Å². The van der Waals surface area contributed by atoms with Gasteiger partial charge in [-0.05, 0) is 65.7 Å². The molecule has 1 fully saturated rings. The second-order valence-electron chi connectivity index (χ2n) is 6.60. The summed E-state index contributed by atoms with van der Waals surface area (Å²) in [6, 6.07) is 18.8. The van der Waals surface area contributed by atoms with E-state index in [0.29, 0.717) is 21.7 Å². The molecule has 8 heteroatoms. The smallest absolute Gasteiger partial charge is 0.293 e. The molecule has 6 nitrogen and oxygen atoms in total. The molecule has 2 heterocycles. The van der Waals surface area contributed by atoms with Crippen LogP contribution in [0, 0.1) is 0 Å². The fourth-order valence-corrected chi connectivity index (χ4v) is 4.47. The summed E-state index contributed by atoms with van der Waals surface area (Å²) in [4.78, 5) is 51.7. The molecular formula is C23H16N2O4S2. The van der Waals surface area contributed by atoms with Gasteiger partial charge in [0, 0.05) is 21.7 Å². The number of hydrogen-bond donors (Lipinski definition) is 1. The van der Waals surface area contributed by atoms with E-state index in [2.05, 4.69) is 5.32 Å². The SMILES string of the molecule is O=C(CN1C(=O)S/C(=C\c2cccs2)C1=O)c1ccc(NC(=O)c2ccccc2)cc1. The highest BCUT2D eigenvalue weighted by atomic mass is 32.2. The summed E-state index contributed by atoms with van der Waals surface area (Å²) in [5.74, 6) is -1.08. The monoisotopic (exact) mass is 448 g/mol. The molecule has 1 saturated heterocycles. The van der Waals surface area contributed by atoms with Gasteiger partial charge in [-0.1, -0.05) is 24.3 Å². The van der Waals surface area contributed by atoms with Gasteiger partial charge in [0.15, 0.2) is 5.78 Å². The maximum atomic E-state index is 12.6. The van der Waals surface area contributed by atoms with E-state index in [4.69, 9.17) is 0 Å². The zero-order chi connectivity index (χ0) is 21.8. The van der Waals surface area contributed by atoms with Crippen molar-refractivity contribution in [2.45, 2.75) is 0 Å². The Morgan fingerprint density at radius 3 is 2.32 bits per heavy atom. The lowest BCUT2D eigenvalue weighted by Crippen LogP contribution is -2.33. The Kier molecular flexibility index (Phi) is 6.11. The minimum absolute atomic E-state index is 0.255. The Bertz CT molecular complexity index is 1170. The summed E-state index contributed by atoms with van der Waals surface area (Å²) in [6.45, 7) is -0.331. The van der Waals surface area contributed by atoms with Gasteiger partial charge in [-0.3, -0.25) is 24.1 Å². The van der Waals surface area contributed by atoms with Crippen molar-refractivity contribution < 1.29 is 19.2 Å². The Hall–Kier alpha value is -3.49. The molecule has 0 unspecified atom stereocenters. The number of carbonyl (C=O) groups is 4. The maximum absolute atomic E-state index is 12.6. The van der Waals surface area contributed by atoms with Crippen LogP contribution in [0.15, 0.2) is 77.0 Å². The van der Waals surface area contributed by atoms with Gasteiger partial charge in [-0.15, -0.1) is 11.3 Å². The predicted octanol–water partition coefficient (Wildman–Crippen LogP) is 4.92. The van der Waals surface area contributed by atoms with Crippen LogP contribution >= 0.6 is 23.1 Å². The van der Waals surface area contributed by atoms with Crippen LogP contribution in [0.2, 0.25) is 0 Å². The molecular weight excluding hydrogens is 432 g/mol. The van der Waals surface area contributed by atoms with E-state index >= 15 is 0 Å². The number of benzene rings is 2. The number of anilines is 1. The van der Waals surface area contributed by atoms with E-state index < -0.39 is 11.1 Å². The fourth-order valence-electron chi connectivity index (χ4n) is 2.91. The third-order valence-corrected chi connectivity index (χ3v) is 6.22. The minimum atomic E-state index is -0.469. The number of hydrogen-bond acceptors (Lipinski definition) is 6. The summed E-state index contributed by atoms with van der Waals surface area (Å²) >= 11 is 2.29. The highest BCUT2D eigenvalue weighted by Gasteiger charge is 2.36. The van der Waals surface area contributed by atoms with Crippen LogP contribution in [0.3, 0.4) is 0 Å². The Balaban J connectivity index is 1.40. The van der Waals surface area contributed by atoms with Crippen molar-refractivity contribution in [3.63, 3.8) is 0 Å². The van der Waals surface area contributed by atoms with Crippen LogP contribution in [0.1, 0.15) is 25.6 Å². The normalized spacial score (nSPS) is 14.8. The first-order valence-electron chi connectivity index (χ1n) is 9.30. The highest BCUT2D eigenvalue weighted by Crippen LogP contribution is 2.33. The number of amides is 3. The summed E-state index contributed by atoms with van der Waals surface area (Å²) < 4.78 is 0. The molecule has 2 aromatic carbocycles. The van der Waals surface area contributed by atoms with Gasteiger partial charge in [0.2, 0.25) is 0 Å². The van der Waals surface area contributed by atoms with Crippen molar-refractivity contribution in [3.05, 3.63) is 93.0 Å².